The van der Waals surface area contributed by atoms with Crippen LogP contribution in [0, 0.1) is 0 Å². The second kappa shape index (κ2) is 2.61. The highest BCUT2D eigenvalue weighted by Crippen LogP contribution is 2.36. The first-order valence-corrected chi connectivity index (χ1v) is 4.25. The van der Waals surface area contributed by atoms with Crippen LogP contribution >= 0.6 is 0 Å². The van der Waals surface area contributed by atoms with Crippen LogP contribution in [0.25, 0.3) is 0 Å². The molecule has 2 rings (SSSR count). The van der Waals surface area contributed by atoms with Crippen molar-refractivity contribution in [2.24, 2.45) is 0 Å². The molecule has 0 bridgehead atoms. The molecule has 2 nitrogen and oxygen atoms in total. The fourth-order valence-corrected chi connectivity index (χ4v) is 1.83. The molecular formula is C9H14O2. The largest absolute Gasteiger partial charge is 0.350 e. The minimum atomic E-state index is -0.255. The SMILES string of the molecule is C=C1CCOC2(CCCO2)C1. The highest BCUT2D eigenvalue weighted by molar-refractivity contribution is 5.03. The molecule has 62 valence electrons. The van der Waals surface area contributed by atoms with Gasteiger partial charge in [-0.15, -0.1) is 0 Å². The van der Waals surface area contributed by atoms with Crippen LogP contribution in [0.3, 0.4) is 0 Å². The van der Waals surface area contributed by atoms with Crippen LogP contribution in [0.5, 0.6) is 0 Å². The van der Waals surface area contributed by atoms with Crippen molar-refractivity contribution < 1.29 is 9.47 Å². The molecule has 2 aliphatic rings. The summed E-state index contributed by atoms with van der Waals surface area (Å²) in [5, 5.41) is 0. The predicted molar refractivity (Wildman–Crippen MR) is 42.2 cm³/mol. The average Bonchev–Trinajstić information content (AvgIpc) is 2.37. The van der Waals surface area contributed by atoms with Crippen LogP contribution in [-0.2, 0) is 9.47 Å². The molecule has 11 heavy (non-hydrogen) atoms. The van der Waals surface area contributed by atoms with E-state index in [-0.39, 0.29) is 5.79 Å². The van der Waals surface area contributed by atoms with E-state index in [1.165, 1.54) is 5.57 Å². The van der Waals surface area contributed by atoms with E-state index in [9.17, 15) is 0 Å². The van der Waals surface area contributed by atoms with E-state index in [0.717, 1.165) is 38.9 Å². The minimum Gasteiger partial charge on any atom is -0.350 e. The highest BCUT2D eigenvalue weighted by atomic mass is 16.7. The average molecular weight is 154 g/mol. The second-order valence-electron chi connectivity index (χ2n) is 3.39. The van der Waals surface area contributed by atoms with Gasteiger partial charge in [-0.1, -0.05) is 12.2 Å². The fraction of sp³-hybridized carbons (Fsp3) is 0.778. The summed E-state index contributed by atoms with van der Waals surface area (Å²) >= 11 is 0. The van der Waals surface area contributed by atoms with Crippen molar-refractivity contribution in [2.75, 3.05) is 13.2 Å². The minimum absolute atomic E-state index is 0.255. The van der Waals surface area contributed by atoms with Crippen LogP contribution in [-0.4, -0.2) is 19.0 Å². The molecule has 2 fully saturated rings. The van der Waals surface area contributed by atoms with Gasteiger partial charge in [0.1, 0.15) is 0 Å². The van der Waals surface area contributed by atoms with E-state index in [1.807, 2.05) is 0 Å². The number of rotatable bonds is 0. The van der Waals surface area contributed by atoms with Crippen molar-refractivity contribution in [3.8, 4) is 0 Å². The molecule has 1 atom stereocenters. The molecule has 1 unspecified atom stereocenters. The predicted octanol–water partition coefficient (Wildman–Crippen LogP) is 1.86. The van der Waals surface area contributed by atoms with Gasteiger partial charge in [0.05, 0.1) is 13.2 Å². The first-order valence-electron chi connectivity index (χ1n) is 4.25. The summed E-state index contributed by atoms with van der Waals surface area (Å²) in [4.78, 5) is 0. The van der Waals surface area contributed by atoms with E-state index in [4.69, 9.17) is 9.47 Å². The van der Waals surface area contributed by atoms with Crippen molar-refractivity contribution in [1.82, 2.24) is 0 Å². The lowest BCUT2D eigenvalue weighted by Gasteiger charge is -2.33. The van der Waals surface area contributed by atoms with E-state index in [0.29, 0.717) is 0 Å². The van der Waals surface area contributed by atoms with E-state index in [1.54, 1.807) is 0 Å². The monoisotopic (exact) mass is 154 g/mol. The number of ether oxygens (including phenoxy) is 2. The first kappa shape index (κ1) is 7.32. The van der Waals surface area contributed by atoms with Crippen LogP contribution in [0.1, 0.15) is 25.7 Å². The molecule has 0 N–H and O–H groups in total. The molecule has 2 heteroatoms. The first-order chi connectivity index (χ1) is 5.31. The topological polar surface area (TPSA) is 18.5 Å². The Morgan fingerprint density at radius 2 is 2.09 bits per heavy atom. The molecule has 0 aromatic rings. The van der Waals surface area contributed by atoms with Crippen LogP contribution in [0.2, 0.25) is 0 Å². The Kier molecular flexibility index (Phi) is 1.74. The summed E-state index contributed by atoms with van der Waals surface area (Å²) in [6.07, 6.45) is 4.09. The lowest BCUT2D eigenvalue weighted by molar-refractivity contribution is -0.218. The Labute approximate surface area is 67.2 Å². The molecule has 0 aliphatic carbocycles. The number of hydrogen-bond donors (Lipinski definition) is 0. The molecule has 0 amide bonds. The van der Waals surface area contributed by atoms with E-state index >= 15 is 0 Å². The maximum Gasteiger partial charge on any atom is 0.172 e. The Bertz CT molecular complexity index is 168. The van der Waals surface area contributed by atoms with Gasteiger partial charge >= 0.3 is 0 Å². The standard InChI is InChI=1S/C9H14O2/c1-8-3-6-11-9(7-8)4-2-5-10-9/h1-7H2. The van der Waals surface area contributed by atoms with Gasteiger partial charge in [-0.3, -0.25) is 0 Å². The van der Waals surface area contributed by atoms with Crippen LogP contribution < -0.4 is 0 Å². The van der Waals surface area contributed by atoms with Gasteiger partial charge in [0.15, 0.2) is 5.79 Å². The Hall–Kier alpha value is -0.340. The molecule has 0 aromatic heterocycles. The highest BCUT2D eigenvalue weighted by Gasteiger charge is 2.38. The lowest BCUT2D eigenvalue weighted by atomic mass is 9.99. The molecule has 0 aromatic carbocycles. The van der Waals surface area contributed by atoms with Crippen LogP contribution in [0.4, 0.5) is 0 Å². The van der Waals surface area contributed by atoms with Gasteiger partial charge in [-0.2, -0.15) is 0 Å². The zero-order valence-corrected chi connectivity index (χ0v) is 6.77. The third kappa shape index (κ3) is 1.33. The Balaban J connectivity index is 2.05. The molecular weight excluding hydrogens is 140 g/mol. The third-order valence-corrected chi connectivity index (χ3v) is 2.41. The summed E-state index contributed by atoms with van der Waals surface area (Å²) in [5.41, 5.74) is 1.28. The van der Waals surface area contributed by atoms with Gasteiger partial charge in [0, 0.05) is 12.8 Å². The van der Waals surface area contributed by atoms with Crippen molar-refractivity contribution in [2.45, 2.75) is 31.5 Å². The molecule has 0 radical (unpaired) electrons. The van der Waals surface area contributed by atoms with Gasteiger partial charge in [0.25, 0.3) is 0 Å². The maximum atomic E-state index is 5.61. The van der Waals surface area contributed by atoms with Crippen molar-refractivity contribution >= 4 is 0 Å². The zero-order chi connectivity index (χ0) is 7.73. The van der Waals surface area contributed by atoms with Gasteiger partial charge < -0.3 is 9.47 Å². The zero-order valence-electron chi connectivity index (χ0n) is 6.77. The van der Waals surface area contributed by atoms with E-state index in [2.05, 4.69) is 6.58 Å². The fourth-order valence-electron chi connectivity index (χ4n) is 1.83. The molecule has 2 aliphatic heterocycles. The Morgan fingerprint density at radius 1 is 1.27 bits per heavy atom. The summed E-state index contributed by atoms with van der Waals surface area (Å²) in [5.74, 6) is -0.255. The van der Waals surface area contributed by atoms with Crippen molar-refractivity contribution in [1.29, 1.82) is 0 Å². The summed E-state index contributed by atoms with van der Waals surface area (Å²) in [6, 6.07) is 0. The third-order valence-electron chi connectivity index (χ3n) is 2.41. The van der Waals surface area contributed by atoms with Gasteiger partial charge in [0.2, 0.25) is 0 Å². The van der Waals surface area contributed by atoms with Crippen LogP contribution in [0.15, 0.2) is 12.2 Å². The lowest BCUT2D eigenvalue weighted by Crippen LogP contribution is -2.35. The molecule has 1 spiro atoms. The smallest absolute Gasteiger partial charge is 0.172 e. The second-order valence-corrected chi connectivity index (χ2v) is 3.39. The maximum absolute atomic E-state index is 5.61. The molecule has 2 saturated heterocycles. The van der Waals surface area contributed by atoms with Crippen molar-refractivity contribution in [3.05, 3.63) is 12.2 Å². The number of hydrogen-bond acceptors (Lipinski definition) is 2. The van der Waals surface area contributed by atoms with Crippen molar-refractivity contribution in [3.63, 3.8) is 0 Å². The molecule has 0 saturated carbocycles. The van der Waals surface area contributed by atoms with Gasteiger partial charge in [-0.25, -0.2) is 0 Å². The Morgan fingerprint density at radius 3 is 2.73 bits per heavy atom. The van der Waals surface area contributed by atoms with E-state index < -0.39 is 0 Å². The summed E-state index contributed by atoms with van der Waals surface area (Å²) in [7, 11) is 0. The normalized spacial score (nSPS) is 38.4. The summed E-state index contributed by atoms with van der Waals surface area (Å²) < 4.78 is 11.2. The van der Waals surface area contributed by atoms with Gasteiger partial charge in [-0.05, 0) is 12.8 Å². The molecule has 2 heterocycles. The summed E-state index contributed by atoms with van der Waals surface area (Å²) in [6.45, 7) is 5.62. The quantitative estimate of drug-likeness (QED) is 0.496.